The molecule has 0 unspecified atom stereocenters. The van der Waals surface area contributed by atoms with E-state index in [1.807, 2.05) is 31.2 Å². The molecule has 1 amide bonds. The summed E-state index contributed by atoms with van der Waals surface area (Å²) < 4.78 is 0. The highest BCUT2D eigenvalue weighted by Crippen LogP contribution is 2.12. The maximum Gasteiger partial charge on any atom is 0.221 e. The molecule has 21 heavy (non-hydrogen) atoms. The number of anilines is 2. The number of halogens is 1. The van der Waals surface area contributed by atoms with Crippen LogP contribution in [0.2, 0.25) is 5.15 Å². The van der Waals surface area contributed by atoms with Gasteiger partial charge in [0, 0.05) is 12.6 Å². The highest BCUT2D eigenvalue weighted by molar-refractivity contribution is 6.29. The molecule has 1 heterocycles. The lowest BCUT2D eigenvalue weighted by atomic mass is 10.1. The molecule has 108 valence electrons. The standard InChI is InChI=1S/C14H14ClN5O/c1-9(17-19-14-7-6-13(15)18-20-14)11-4-3-5-12(8-11)16-10(2)21/h3-8H,1-2H3,(H,16,21)(H,19,20)/b17-9+. The zero-order chi connectivity index (χ0) is 15.2. The van der Waals surface area contributed by atoms with Crippen molar-refractivity contribution in [2.75, 3.05) is 10.7 Å². The number of hydrogen-bond donors (Lipinski definition) is 2. The molecule has 0 fully saturated rings. The normalized spacial score (nSPS) is 11.1. The molecular weight excluding hydrogens is 290 g/mol. The third-order valence-corrected chi connectivity index (χ3v) is 2.77. The number of benzene rings is 1. The van der Waals surface area contributed by atoms with E-state index in [9.17, 15) is 4.79 Å². The minimum Gasteiger partial charge on any atom is -0.326 e. The number of hydrogen-bond acceptors (Lipinski definition) is 5. The molecule has 6 nitrogen and oxygen atoms in total. The Balaban J connectivity index is 2.11. The lowest BCUT2D eigenvalue weighted by Gasteiger charge is -2.06. The number of hydrazone groups is 1. The van der Waals surface area contributed by atoms with Crippen LogP contribution < -0.4 is 10.7 Å². The minimum absolute atomic E-state index is 0.115. The van der Waals surface area contributed by atoms with Crippen molar-refractivity contribution in [3.05, 3.63) is 47.1 Å². The van der Waals surface area contributed by atoms with E-state index < -0.39 is 0 Å². The molecule has 1 aromatic carbocycles. The molecule has 0 saturated carbocycles. The van der Waals surface area contributed by atoms with E-state index in [4.69, 9.17) is 11.6 Å². The predicted octanol–water partition coefficient (Wildman–Crippen LogP) is 2.92. The molecule has 0 aliphatic rings. The summed E-state index contributed by atoms with van der Waals surface area (Å²) in [4.78, 5) is 11.1. The van der Waals surface area contributed by atoms with E-state index in [0.29, 0.717) is 11.0 Å². The van der Waals surface area contributed by atoms with Crippen molar-refractivity contribution in [1.82, 2.24) is 10.2 Å². The van der Waals surface area contributed by atoms with E-state index in [2.05, 4.69) is 26.0 Å². The average Bonchev–Trinajstić information content (AvgIpc) is 2.46. The number of nitrogens with zero attached hydrogens (tertiary/aromatic N) is 3. The molecule has 0 bridgehead atoms. The number of rotatable bonds is 4. The van der Waals surface area contributed by atoms with Gasteiger partial charge < -0.3 is 5.32 Å². The van der Waals surface area contributed by atoms with Crippen molar-refractivity contribution >= 4 is 34.7 Å². The fourth-order valence-electron chi connectivity index (χ4n) is 1.61. The molecule has 0 saturated heterocycles. The second kappa shape index (κ2) is 6.81. The van der Waals surface area contributed by atoms with Crippen molar-refractivity contribution in [2.24, 2.45) is 5.10 Å². The van der Waals surface area contributed by atoms with Gasteiger partial charge in [-0.15, -0.1) is 10.2 Å². The first kappa shape index (κ1) is 14.9. The summed E-state index contributed by atoms with van der Waals surface area (Å²) in [5.74, 6) is 0.382. The third kappa shape index (κ3) is 4.54. The van der Waals surface area contributed by atoms with Crippen molar-refractivity contribution in [2.45, 2.75) is 13.8 Å². The Morgan fingerprint density at radius 1 is 1.19 bits per heavy atom. The van der Waals surface area contributed by atoms with Crippen molar-refractivity contribution in [3.8, 4) is 0 Å². The Kier molecular flexibility index (Phi) is 4.84. The molecule has 2 aromatic rings. The van der Waals surface area contributed by atoms with E-state index in [0.717, 1.165) is 17.0 Å². The van der Waals surface area contributed by atoms with E-state index in [1.54, 1.807) is 12.1 Å². The first-order chi connectivity index (χ1) is 10.0. The molecule has 0 atom stereocenters. The Hall–Kier alpha value is -2.47. The van der Waals surface area contributed by atoms with Crippen LogP contribution in [0.25, 0.3) is 0 Å². The van der Waals surface area contributed by atoms with Crippen LogP contribution in [0.5, 0.6) is 0 Å². The van der Waals surface area contributed by atoms with Gasteiger partial charge in [-0.05, 0) is 36.8 Å². The van der Waals surface area contributed by atoms with Crippen molar-refractivity contribution < 1.29 is 4.79 Å². The number of carbonyl (C=O) groups excluding carboxylic acids is 1. The number of nitrogens with one attached hydrogen (secondary N) is 2. The van der Waals surface area contributed by atoms with Crippen molar-refractivity contribution in [1.29, 1.82) is 0 Å². The number of amides is 1. The van der Waals surface area contributed by atoms with Crippen molar-refractivity contribution in [3.63, 3.8) is 0 Å². The average molecular weight is 304 g/mol. The van der Waals surface area contributed by atoms with Gasteiger partial charge in [0.15, 0.2) is 11.0 Å². The summed E-state index contributed by atoms with van der Waals surface area (Å²) in [7, 11) is 0. The topological polar surface area (TPSA) is 79.3 Å². The second-order valence-electron chi connectivity index (χ2n) is 4.31. The smallest absolute Gasteiger partial charge is 0.221 e. The minimum atomic E-state index is -0.115. The van der Waals surface area contributed by atoms with Gasteiger partial charge in [-0.2, -0.15) is 5.10 Å². The van der Waals surface area contributed by atoms with E-state index in [-0.39, 0.29) is 5.91 Å². The zero-order valence-electron chi connectivity index (χ0n) is 11.6. The second-order valence-corrected chi connectivity index (χ2v) is 4.70. The van der Waals surface area contributed by atoms with Gasteiger partial charge in [-0.3, -0.25) is 10.2 Å². The monoisotopic (exact) mass is 303 g/mol. The van der Waals surface area contributed by atoms with Gasteiger partial charge in [0.1, 0.15) is 0 Å². The van der Waals surface area contributed by atoms with Crippen LogP contribution in [0.15, 0.2) is 41.5 Å². The SMILES string of the molecule is CC(=O)Nc1cccc(/C(C)=N/Nc2ccc(Cl)nn2)c1. The highest BCUT2D eigenvalue weighted by atomic mass is 35.5. The zero-order valence-corrected chi connectivity index (χ0v) is 12.3. The fraction of sp³-hybridized carbons (Fsp3) is 0.143. The van der Waals surface area contributed by atoms with E-state index >= 15 is 0 Å². The fourth-order valence-corrected chi connectivity index (χ4v) is 1.71. The maximum absolute atomic E-state index is 11.1. The van der Waals surface area contributed by atoms with Crippen LogP contribution in [-0.4, -0.2) is 21.8 Å². The number of carbonyl (C=O) groups is 1. The van der Waals surface area contributed by atoms with Crippen LogP contribution in [0, 0.1) is 0 Å². The summed E-state index contributed by atoms with van der Waals surface area (Å²) in [6.45, 7) is 3.32. The van der Waals surface area contributed by atoms with Crippen LogP contribution in [0.1, 0.15) is 19.4 Å². The molecule has 0 radical (unpaired) electrons. The van der Waals surface area contributed by atoms with Gasteiger partial charge in [-0.1, -0.05) is 23.7 Å². The largest absolute Gasteiger partial charge is 0.326 e. The van der Waals surface area contributed by atoms with Crippen LogP contribution in [0.4, 0.5) is 11.5 Å². The van der Waals surface area contributed by atoms with Gasteiger partial charge in [-0.25, -0.2) is 0 Å². The molecular formula is C14H14ClN5O. The van der Waals surface area contributed by atoms with Gasteiger partial charge in [0.05, 0.1) is 5.71 Å². The van der Waals surface area contributed by atoms with Crippen LogP contribution in [-0.2, 0) is 4.79 Å². The Labute approximate surface area is 127 Å². The summed E-state index contributed by atoms with van der Waals surface area (Å²) in [5.41, 5.74) is 5.16. The summed E-state index contributed by atoms with van der Waals surface area (Å²) in [6.07, 6.45) is 0. The summed E-state index contributed by atoms with van der Waals surface area (Å²) in [6, 6.07) is 10.7. The first-order valence-electron chi connectivity index (χ1n) is 6.22. The van der Waals surface area contributed by atoms with Gasteiger partial charge in [0.2, 0.25) is 5.91 Å². The lowest BCUT2D eigenvalue weighted by molar-refractivity contribution is -0.114. The molecule has 0 spiro atoms. The summed E-state index contributed by atoms with van der Waals surface area (Å²) >= 11 is 5.66. The molecule has 2 N–H and O–H groups in total. The van der Waals surface area contributed by atoms with Crippen LogP contribution in [0.3, 0.4) is 0 Å². The Bertz CT molecular complexity index is 669. The van der Waals surface area contributed by atoms with Gasteiger partial charge >= 0.3 is 0 Å². The van der Waals surface area contributed by atoms with Crippen LogP contribution >= 0.6 is 11.6 Å². The Morgan fingerprint density at radius 3 is 2.67 bits per heavy atom. The van der Waals surface area contributed by atoms with E-state index in [1.165, 1.54) is 6.92 Å². The summed E-state index contributed by atoms with van der Waals surface area (Å²) in [5, 5.41) is 14.8. The predicted molar refractivity (Wildman–Crippen MR) is 83.6 cm³/mol. The Morgan fingerprint density at radius 2 is 2.00 bits per heavy atom. The lowest BCUT2D eigenvalue weighted by Crippen LogP contribution is -2.07. The highest BCUT2D eigenvalue weighted by Gasteiger charge is 2.01. The molecule has 7 heteroatoms. The molecule has 0 aliphatic heterocycles. The third-order valence-electron chi connectivity index (χ3n) is 2.57. The molecule has 2 rings (SSSR count). The van der Waals surface area contributed by atoms with Gasteiger partial charge in [0.25, 0.3) is 0 Å². The number of aromatic nitrogens is 2. The molecule has 1 aromatic heterocycles. The quantitative estimate of drug-likeness (QED) is 0.672. The first-order valence-corrected chi connectivity index (χ1v) is 6.60. The molecule has 0 aliphatic carbocycles. The maximum atomic E-state index is 11.1.